The number of carbonyl (C=O) groups excluding carboxylic acids is 1. The summed E-state index contributed by atoms with van der Waals surface area (Å²) in [6.07, 6.45) is 2.33. The zero-order chi connectivity index (χ0) is 21.6. The van der Waals surface area contributed by atoms with E-state index in [1.165, 1.54) is 12.1 Å². The van der Waals surface area contributed by atoms with Crippen molar-refractivity contribution >= 4 is 5.91 Å². The highest BCUT2D eigenvalue weighted by molar-refractivity contribution is 5.79. The molecule has 2 unspecified atom stereocenters. The van der Waals surface area contributed by atoms with Gasteiger partial charge in [0, 0.05) is 19.6 Å². The second-order valence-corrected chi connectivity index (χ2v) is 8.02. The first-order valence-corrected chi connectivity index (χ1v) is 10.5. The summed E-state index contributed by atoms with van der Waals surface area (Å²) in [7, 11) is 1.65. The number of halogens is 1. The average Bonchev–Trinajstić information content (AvgIpc) is 3.32. The number of furan rings is 1. The van der Waals surface area contributed by atoms with Crippen LogP contribution >= 0.6 is 0 Å². The van der Waals surface area contributed by atoms with E-state index in [9.17, 15) is 9.18 Å². The van der Waals surface area contributed by atoms with E-state index < -0.39 is 0 Å². The Morgan fingerprint density at radius 1 is 1.13 bits per heavy atom. The maximum Gasteiger partial charge on any atom is 0.224 e. The Hall–Kier alpha value is -3.12. The molecule has 5 nitrogen and oxygen atoms in total. The lowest BCUT2D eigenvalue weighted by atomic mass is 9.84. The lowest BCUT2D eigenvalue weighted by Gasteiger charge is -2.37. The molecule has 1 amide bonds. The molecular weight excluding hydrogens is 395 g/mol. The third-order valence-corrected chi connectivity index (χ3v) is 5.82. The Labute approximate surface area is 181 Å². The maximum absolute atomic E-state index is 13.4. The van der Waals surface area contributed by atoms with Crippen molar-refractivity contribution in [2.75, 3.05) is 20.2 Å². The molecule has 2 atom stereocenters. The molecule has 1 aliphatic heterocycles. The molecule has 31 heavy (non-hydrogen) atoms. The van der Waals surface area contributed by atoms with Crippen molar-refractivity contribution in [3.8, 4) is 5.75 Å². The van der Waals surface area contributed by atoms with E-state index in [2.05, 4.69) is 10.2 Å². The van der Waals surface area contributed by atoms with Crippen molar-refractivity contribution in [2.24, 2.45) is 5.92 Å². The van der Waals surface area contributed by atoms with Crippen molar-refractivity contribution in [1.82, 2.24) is 10.2 Å². The Morgan fingerprint density at radius 3 is 2.58 bits per heavy atom. The minimum atomic E-state index is -0.248. The number of hydrogen-bond acceptors (Lipinski definition) is 4. The van der Waals surface area contributed by atoms with Crippen LogP contribution in [-0.4, -0.2) is 31.0 Å². The van der Waals surface area contributed by atoms with E-state index in [4.69, 9.17) is 9.15 Å². The lowest BCUT2D eigenvalue weighted by molar-refractivity contribution is -0.127. The molecule has 0 radical (unpaired) electrons. The molecule has 1 aliphatic rings. The summed E-state index contributed by atoms with van der Waals surface area (Å²) in [6.45, 7) is 2.61. The first kappa shape index (κ1) is 21.1. The van der Waals surface area contributed by atoms with Crippen LogP contribution in [0.4, 0.5) is 4.39 Å². The predicted octanol–water partition coefficient (Wildman–Crippen LogP) is 4.35. The molecule has 0 spiro atoms. The van der Waals surface area contributed by atoms with Gasteiger partial charge in [-0.2, -0.15) is 0 Å². The summed E-state index contributed by atoms with van der Waals surface area (Å²) in [4.78, 5) is 15.3. The summed E-state index contributed by atoms with van der Waals surface area (Å²) in [5.74, 6) is 1.32. The van der Waals surface area contributed by atoms with Gasteiger partial charge in [-0.25, -0.2) is 4.39 Å². The van der Waals surface area contributed by atoms with E-state index in [1.807, 2.05) is 48.5 Å². The van der Waals surface area contributed by atoms with Crippen molar-refractivity contribution < 1.29 is 18.3 Å². The zero-order valence-corrected chi connectivity index (χ0v) is 17.6. The lowest BCUT2D eigenvalue weighted by Crippen LogP contribution is -2.45. The smallest absolute Gasteiger partial charge is 0.224 e. The van der Waals surface area contributed by atoms with Crippen molar-refractivity contribution in [2.45, 2.75) is 25.4 Å². The number of nitrogens with zero attached hydrogens (tertiary/aromatic N) is 1. The zero-order valence-electron chi connectivity index (χ0n) is 17.6. The third kappa shape index (κ3) is 5.52. The minimum Gasteiger partial charge on any atom is -0.497 e. The number of amides is 1. The van der Waals surface area contributed by atoms with Crippen molar-refractivity contribution in [1.29, 1.82) is 0 Å². The number of nitrogens with one attached hydrogen (secondary N) is 1. The largest absolute Gasteiger partial charge is 0.497 e. The highest BCUT2D eigenvalue weighted by atomic mass is 19.1. The second kappa shape index (κ2) is 9.79. The Morgan fingerprint density at radius 2 is 1.90 bits per heavy atom. The topological polar surface area (TPSA) is 54.7 Å². The van der Waals surface area contributed by atoms with Crippen LogP contribution in [0.25, 0.3) is 0 Å². The Kier molecular flexibility index (Phi) is 6.67. The minimum absolute atomic E-state index is 0.0166. The Balaban J connectivity index is 1.48. The molecule has 2 heterocycles. The molecule has 4 rings (SSSR count). The molecule has 162 valence electrons. The molecule has 0 aliphatic carbocycles. The monoisotopic (exact) mass is 422 g/mol. The number of rotatable bonds is 7. The standard InChI is InChI=1S/C25H27FN2O3/c1-30-23-10-4-18(5-11-23)15-28-16-20(19-6-8-22(26)9-7-19)13-21(17-28)25(29)27-14-24-3-2-12-31-24/h2-12,20-21H,13-17H2,1H3,(H,27,29). The van der Waals surface area contributed by atoms with Gasteiger partial charge < -0.3 is 14.5 Å². The quantitative estimate of drug-likeness (QED) is 0.615. The highest BCUT2D eigenvalue weighted by Gasteiger charge is 2.32. The van der Waals surface area contributed by atoms with Gasteiger partial charge in [0.1, 0.15) is 17.3 Å². The fraction of sp³-hybridized carbons (Fsp3) is 0.320. The second-order valence-electron chi connectivity index (χ2n) is 8.02. The fourth-order valence-electron chi connectivity index (χ4n) is 4.21. The number of piperidine rings is 1. The predicted molar refractivity (Wildman–Crippen MR) is 116 cm³/mol. The van der Waals surface area contributed by atoms with E-state index in [0.717, 1.165) is 42.1 Å². The van der Waals surface area contributed by atoms with Gasteiger partial charge in [-0.05, 0) is 59.9 Å². The highest BCUT2D eigenvalue weighted by Crippen LogP contribution is 2.31. The number of benzene rings is 2. The molecule has 0 bridgehead atoms. The molecule has 1 fully saturated rings. The van der Waals surface area contributed by atoms with E-state index >= 15 is 0 Å². The van der Waals surface area contributed by atoms with Crippen LogP contribution in [0.3, 0.4) is 0 Å². The number of methoxy groups -OCH3 is 1. The van der Waals surface area contributed by atoms with Gasteiger partial charge in [0.05, 0.1) is 25.8 Å². The summed E-state index contributed by atoms with van der Waals surface area (Å²) >= 11 is 0. The number of carbonyl (C=O) groups is 1. The summed E-state index contributed by atoms with van der Waals surface area (Å²) in [5, 5.41) is 3.00. The van der Waals surface area contributed by atoms with Crippen LogP contribution in [-0.2, 0) is 17.9 Å². The van der Waals surface area contributed by atoms with Gasteiger partial charge in [-0.15, -0.1) is 0 Å². The van der Waals surface area contributed by atoms with Crippen LogP contribution in [0.2, 0.25) is 0 Å². The molecule has 2 aromatic carbocycles. The van der Waals surface area contributed by atoms with Gasteiger partial charge in [0.15, 0.2) is 0 Å². The number of likely N-dealkylation sites (tertiary alicyclic amines) is 1. The van der Waals surface area contributed by atoms with Gasteiger partial charge in [0.25, 0.3) is 0 Å². The summed E-state index contributed by atoms with van der Waals surface area (Å²) in [5.41, 5.74) is 2.22. The SMILES string of the molecule is COc1ccc(CN2CC(C(=O)NCc3ccco3)CC(c3ccc(F)cc3)C2)cc1. The molecule has 1 saturated heterocycles. The molecule has 3 aromatic rings. The van der Waals surface area contributed by atoms with Gasteiger partial charge in [-0.3, -0.25) is 9.69 Å². The van der Waals surface area contributed by atoms with Gasteiger partial charge in [-0.1, -0.05) is 24.3 Å². The number of ether oxygens (including phenoxy) is 1. The first-order chi connectivity index (χ1) is 15.1. The first-order valence-electron chi connectivity index (χ1n) is 10.5. The van der Waals surface area contributed by atoms with Crippen LogP contribution in [0, 0.1) is 11.7 Å². The van der Waals surface area contributed by atoms with Crippen molar-refractivity contribution in [3.63, 3.8) is 0 Å². The van der Waals surface area contributed by atoms with Gasteiger partial charge >= 0.3 is 0 Å². The van der Waals surface area contributed by atoms with E-state index in [1.54, 1.807) is 13.4 Å². The molecule has 1 N–H and O–H groups in total. The average molecular weight is 423 g/mol. The van der Waals surface area contributed by atoms with E-state index in [-0.39, 0.29) is 23.6 Å². The van der Waals surface area contributed by atoms with E-state index in [0.29, 0.717) is 13.1 Å². The Bertz CT molecular complexity index is 971. The third-order valence-electron chi connectivity index (χ3n) is 5.82. The molecule has 0 saturated carbocycles. The maximum atomic E-state index is 13.4. The molecular formula is C25H27FN2O3. The summed E-state index contributed by atoms with van der Waals surface area (Å²) in [6, 6.07) is 18.3. The van der Waals surface area contributed by atoms with Crippen LogP contribution < -0.4 is 10.1 Å². The van der Waals surface area contributed by atoms with Crippen molar-refractivity contribution in [3.05, 3.63) is 89.6 Å². The number of hydrogen-bond donors (Lipinski definition) is 1. The van der Waals surface area contributed by atoms with Gasteiger partial charge in [0.2, 0.25) is 5.91 Å². The fourth-order valence-corrected chi connectivity index (χ4v) is 4.21. The van der Waals surface area contributed by atoms with Crippen LogP contribution in [0.5, 0.6) is 5.75 Å². The molecule has 1 aromatic heterocycles. The van der Waals surface area contributed by atoms with Crippen LogP contribution in [0.1, 0.15) is 29.2 Å². The molecule has 6 heteroatoms. The normalized spacial score (nSPS) is 19.2. The van der Waals surface area contributed by atoms with Crippen LogP contribution in [0.15, 0.2) is 71.3 Å². The summed E-state index contributed by atoms with van der Waals surface area (Å²) < 4.78 is 24.0.